The molecule has 0 radical (unpaired) electrons. The van der Waals surface area contributed by atoms with Crippen LogP contribution in [0, 0.1) is 0 Å². The fourth-order valence-corrected chi connectivity index (χ4v) is 6.47. The minimum Gasteiger partial charge on any atom is -0.458 e. The standard InChI is InChI=1S/C38H51N7O5/c1-6-29-31(40-24-41-34(29)45-21-18-27(19-22-45)30-15-14-28-13-10-20-39-33(28)43-30)16-17-32(35(46)42-25(2)36(47)50-38(3,4)5)44-37(48)49-23-26-11-8-7-9-12-26/h7-9,11-12,14-15,24-25,27,32H,6,10,13,16-23H2,1-5H3,(H,39,43)(H,42,46)(H,44,48)/t25-,32?/m0/s1. The molecule has 1 unspecified atom stereocenters. The van der Waals surface area contributed by atoms with E-state index in [0.29, 0.717) is 18.8 Å². The summed E-state index contributed by atoms with van der Waals surface area (Å²) >= 11 is 0. The maximum Gasteiger partial charge on any atom is 0.408 e. The van der Waals surface area contributed by atoms with E-state index in [4.69, 9.17) is 19.4 Å². The summed E-state index contributed by atoms with van der Waals surface area (Å²) in [5, 5.41) is 8.88. The Morgan fingerprint density at radius 3 is 2.52 bits per heavy atom. The van der Waals surface area contributed by atoms with Gasteiger partial charge >= 0.3 is 12.1 Å². The van der Waals surface area contributed by atoms with Crippen molar-refractivity contribution in [3.05, 3.63) is 76.9 Å². The highest BCUT2D eigenvalue weighted by Gasteiger charge is 2.29. The van der Waals surface area contributed by atoms with Crippen LogP contribution in [0.3, 0.4) is 0 Å². The van der Waals surface area contributed by atoms with E-state index in [2.05, 4.69) is 44.9 Å². The zero-order valence-electron chi connectivity index (χ0n) is 30.0. The first-order valence-corrected chi connectivity index (χ1v) is 17.8. The van der Waals surface area contributed by atoms with Gasteiger partial charge in [0.1, 0.15) is 42.3 Å². The van der Waals surface area contributed by atoms with Gasteiger partial charge in [0.25, 0.3) is 0 Å². The van der Waals surface area contributed by atoms with Crippen LogP contribution in [-0.2, 0) is 44.9 Å². The molecular formula is C38H51N7O5. The molecule has 12 nitrogen and oxygen atoms in total. The van der Waals surface area contributed by atoms with Gasteiger partial charge in [0.15, 0.2) is 0 Å². The molecule has 3 aromatic rings. The minimum atomic E-state index is -0.986. The average molecular weight is 686 g/mol. The molecule has 2 aromatic heterocycles. The fraction of sp³-hybridized carbons (Fsp3) is 0.526. The summed E-state index contributed by atoms with van der Waals surface area (Å²) in [6.07, 6.45) is 6.36. The molecule has 50 heavy (non-hydrogen) atoms. The van der Waals surface area contributed by atoms with Crippen LogP contribution in [-0.4, -0.2) is 70.2 Å². The quantitative estimate of drug-likeness (QED) is 0.216. The Labute approximate surface area is 295 Å². The van der Waals surface area contributed by atoms with Gasteiger partial charge in [-0.15, -0.1) is 0 Å². The van der Waals surface area contributed by atoms with Crippen molar-refractivity contribution in [1.82, 2.24) is 25.6 Å². The van der Waals surface area contributed by atoms with E-state index in [1.807, 2.05) is 30.3 Å². The van der Waals surface area contributed by atoms with Gasteiger partial charge in [-0.05, 0) is 89.8 Å². The third-order valence-corrected chi connectivity index (χ3v) is 9.10. The number of aromatic nitrogens is 3. The highest BCUT2D eigenvalue weighted by atomic mass is 16.6. The van der Waals surface area contributed by atoms with Crippen LogP contribution in [0.5, 0.6) is 0 Å². The third-order valence-electron chi connectivity index (χ3n) is 9.10. The predicted molar refractivity (Wildman–Crippen MR) is 192 cm³/mol. The first-order chi connectivity index (χ1) is 24.0. The van der Waals surface area contributed by atoms with Crippen molar-refractivity contribution in [2.24, 2.45) is 0 Å². The molecule has 268 valence electrons. The number of carbonyl (C=O) groups is 3. The van der Waals surface area contributed by atoms with E-state index in [1.165, 1.54) is 5.56 Å². The monoisotopic (exact) mass is 685 g/mol. The molecule has 2 amide bonds. The van der Waals surface area contributed by atoms with Gasteiger partial charge in [-0.2, -0.15) is 0 Å². The molecule has 2 aliphatic heterocycles. The number of aryl methyl sites for hydroxylation is 2. The lowest BCUT2D eigenvalue weighted by atomic mass is 9.91. The van der Waals surface area contributed by atoms with Gasteiger partial charge in [-0.1, -0.05) is 43.3 Å². The lowest BCUT2D eigenvalue weighted by molar-refractivity contribution is -0.158. The van der Waals surface area contributed by atoms with Crippen molar-refractivity contribution in [1.29, 1.82) is 0 Å². The lowest BCUT2D eigenvalue weighted by Crippen LogP contribution is -2.51. The van der Waals surface area contributed by atoms with E-state index in [1.54, 1.807) is 34.0 Å². The van der Waals surface area contributed by atoms with Gasteiger partial charge in [0.2, 0.25) is 5.91 Å². The molecule has 0 saturated carbocycles. The van der Waals surface area contributed by atoms with Gasteiger partial charge in [-0.25, -0.2) is 24.5 Å². The largest absolute Gasteiger partial charge is 0.458 e. The van der Waals surface area contributed by atoms with E-state index in [0.717, 1.165) is 79.5 Å². The van der Waals surface area contributed by atoms with E-state index in [9.17, 15) is 14.4 Å². The summed E-state index contributed by atoms with van der Waals surface area (Å²) in [6, 6.07) is 11.8. The summed E-state index contributed by atoms with van der Waals surface area (Å²) in [5.41, 5.74) is 4.41. The van der Waals surface area contributed by atoms with E-state index in [-0.39, 0.29) is 13.0 Å². The molecule has 5 rings (SSSR count). The molecule has 1 aromatic carbocycles. The van der Waals surface area contributed by atoms with Crippen LogP contribution in [0.15, 0.2) is 48.8 Å². The topological polar surface area (TPSA) is 148 Å². The first kappa shape index (κ1) is 36.5. The zero-order chi connectivity index (χ0) is 35.7. The number of hydrogen-bond acceptors (Lipinski definition) is 10. The summed E-state index contributed by atoms with van der Waals surface area (Å²) in [4.78, 5) is 55.7. The lowest BCUT2D eigenvalue weighted by Gasteiger charge is -2.34. The molecule has 3 N–H and O–H groups in total. The Morgan fingerprint density at radius 1 is 1.04 bits per heavy atom. The number of pyridine rings is 1. The second kappa shape index (κ2) is 16.8. The van der Waals surface area contributed by atoms with Crippen molar-refractivity contribution >= 4 is 29.6 Å². The molecular weight excluding hydrogens is 634 g/mol. The molecule has 0 bridgehead atoms. The number of carbonyl (C=O) groups excluding carboxylic acids is 3. The smallest absolute Gasteiger partial charge is 0.408 e. The number of benzene rings is 1. The number of fused-ring (bicyclic) bond motifs is 1. The summed E-state index contributed by atoms with van der Waals surface area (Å²) in [5.74, 6) is 1.26. The molecule has 4 heterocycles. The number of ether oxygens (including phenoxy) is 2. The van der Waals surface area contributed by atoms with Gasteiger partial charge in [-0.3, -0.25) is 4.79 Å². The van der Waals surface area contributed by atoms with Gasteiger partial charge in [0.05, 0.1) is 0 Å². The van der Waals surface area contributed by atoms with Crippen molar-refractivity contribution < 1.29 is 23.9 Å². The summed E-state index contributed by atoms with van der Waals surface area (Å²) in [7, 11) is 0. The second-order valence-corrected chi connectivity index (χ2v) is 14.1. The zero-order valence-corrected chi connectivity index (χ0v) is 30.0. The SMILES string of the molecule is CCc1c(CCC(NC(=O)OCc2ccccc2)C(=O)N[C@@H](C)C(=O)OC(C)(C)C)ncnc1N1CCC(c2ccc3c(n2)NCCC3)CC1. The number of anilines is 2. The molecule has 1 saturated heterocycles. The molecule has 2 aliphatic rings. The molecule has 12 heteroatoms. The number of rotatable bonds is 12. The van der Waals surface area contributed by atoms with E-state index >= 15 is 0 Å². The molecule has 2 atom stereocenters. The molecule has 1 fully saturated rings. The number of piperidine rings is 1. The third kappa shape index (κ3) is 9.92. The normalized spacial score (nSPS) is 16.0. The van der Waals surface area contributed by atoms with Crippen molar-refractivity contribution in [3.63, 3.8) is 0 Å². The maximum absolute atomic E-state index is 13.5. The van der Waals surface area contributed by atoms with Crippen LogP contribution < -0.4 is 20.9 Å². The number of hydrogen-bond donors (Lipinski definition) is 3. The number of esters is 1. The summed E-state index contributed by atoms with van der Waals surface area (Å²) in [6.45, 7) is 11.7. The van der Waals surface area contributed by atoms with Crippen LogP contribution in [0.4, 0.5) is 16.4 Å². The van der Waals surface area contributed by atoms with Crippen LogP contribution in [0.25, 0.3) is 0 Å². The van der Waals surface area contributed by atoms with E-state index < -0.39 is 35.7 Å². The number of amides is 2. The highest BCUT2D eigenvalue weighted by molar-refractivity contribution is 5.89. The highest BCUT2D eigenvalue weighted by Crippen LogP contribution is 2.33. The Balaban J connectivity index is 1.25. The average Bonchev–Trinajstić information content (AvgIpc) is 3.11. The fourth-order valence-electron chi connectivity index (χ4n) is 6.47. The summed E-state index contributed by atoms with van der Waals surface area (Å²) < 4.78 is 10.9. The number of nitrogens with zero attached hydrogens (tertiary/aromatic N) is 4. The Kier molecular flexibility index (Phi) is 12.3. The Bertz CT molecular complexity index is 1620. The van der Waals surface area contributed by atoms with Crippen molar-refractivity contribution in [2.75, 3.05) is 29.9 Å². The van der Waals surface area contributed by atoms with Crippen molar-refractivity contribution in [3.8, 4) is 0 Å². The minimum absolute atomic E-state index is 0.0562. The van der Waals surface area contributed by atoms with Gasteiger partial charge < -0.3 is 30.3 Å². The number of alkyl carbamates (subject to hydrolysis) is 1. The van der Waals surface area contributed by atoms with Gasteiger partial charge in [0, 0.05) is 42.5 Å². The van der Waals surface area contributed by atoms with Crippen LogP contribution >= 0.6 is 0 Å². The Morgan fingerprint density at radius 2 is 1.80 bits per heavy atom. The van der Waals surface area contributed by atoms with Crippen LogP contribution in [0.1, 0.15) is 94.3 Å². The second-order valence-electron chi connectivity index (χ2n) is 14.1. The molecule has 0 spiro atoms. The molecule has 0 aliphatic carbocycles. The van der Waals surface area contributed by atoms with Crippen LogP contribution in [0.2, 0.25) is 0 Å². The Hall–Kier alpha value is -4.74. The van der Waals surface area contributed by atoms with Crippen molar-refractivity contribution in [2.45, 2.75) is 110 Å². The predicted octanol–water partition coefficient (Wildman–Crippen LogP) is 5.25. The number of nitrogens with one attached hydrogen (secondary N) is 3. The maximum atomic E-state index is 13.5. The first-order valence-electron chi connectivity index (χ1n) is 17.8.